The molecule has 21 heavy (non-hydrogen) atoms. The maximum atomic E-state index is 12.2. The molecule has 1 N–H and O–H groups in total. The summed E-state index contributed by atoms with van der Waals surface area (Å²) in [5.41, 5.74) is 0.0215. The van der Waals surface area contributed by atoms with E-state index in [1.807, 2.05) is 0 Å². The van der Waals surface area contributed by atoms with Crippen molar-refractivity contribution in [1.82, 2.24) is 4.90 Å². The lowest BCUT2D eigenvalue weighted by atomic mass is 10.1. The van der Waals surface area contributed by atoms with E-state index >= 15 is 0 Å². The molecule has 0 spiro atoms. The van der Waals surface area contributed by atoms with Gasteiger partial charge < -0.3 is 14.4 Å². The summed E-state index contributed by atoms with van der Waals surface area (Å²) in [6.45, 7) is 4.16. The van der Waals surface area contributed by atoms with Gasteiger partial charge in [-0.2, -0.15) is 0 Å². The van der Waals surface area contributed by atoms with Gasteiger partial charge in [-0.1, -0.05) is 0 Å². The third-order valence-electron chi connectivity index (χ3n) is 3.38. The Kier molecular flexibility index (Phi) is 4.52. The number of aromatic carboxylic acids is 1. The molecule has 118 valence electrons. The van der Waals surface area contributed by atoms with Crippen LogP contribution in [0.15, 0.2) is 10.5 Å². The summed E-state index contributed by atoms with van der Waals surface area (Å²) >= 11 is 0. The maximum Gasteiger partial charge on any atom is 0.339 e. The van der Waals surface area contributed by atoms with Crippen molar-refractivity contribution in [3.8, 4) is 0 Å². The summed E-state index contributed by atoms with van der Waals surface area (Å²) in [5.74, 6) is -1.19. The summed E-state index contributed by atoms with van der Waals surface area (Å²) in [6.07, 6.45) is 0.998. The monoisotopic (exact) mass is 317 g/mol. The molecule has 8 heteroatoms. The van der Waals surface area contributed by atoms with Crippen LogP contribution in [-0.2, 0) is 21.2 Å². The van der Waals surface area contributed by atoms with Crippen molar-refractivity contribution in [2.24, 2.45) is 0 Å². The van der Waals surface area contributed by atoms with Crippen molar-refractivity contribution in [2.75, 3.05) is 13.3 Å². The number of hydrogen-bond acceptors (Lipinski definition) is 5. The molecule has 0 fully saturated rings. The van der Waals surface area contributed by atoms with Gasteiger partial charge in [0, 0.05) is 13.3 Å². The summed E-state index contributed by atoms with van der Waals surface area (Å²) in [7, 11) is -2.13. The molecule has 0 aliphatic carbocycles. The van der Waals surface area contributed by atoms with E-state index in [-0.39, 0.29) is 23.6 Å². The average Bonchev–Trinajstić information content (AvgIpc) is 2.67. The van der Waals surface area contributed by atoms with Gasteiger partial charge in [0.15, 0.2) is 9.84 Å². The molecule has 1 aromatic rings. The standard InChI is InChI=1S/C13H19NO6S/c1-8-10(11(15)16)6-9(20-8)7-14(4)12(17)13(2,3)21(5,18)19/h6H,7H2,1-5H3,(H,15,16). The lowest BCUT2D eigenvalue weighted by Crippen LogP contribution is -2.47. The Bertz CT molecular complexity index is 671. The van der Waals surface area contributed by atoms with Gasteiger partial charge in [-0.3, -0.25) is 4.79 Å². The first-order valence-electron chi connectivity index (χ1n) is 6.15. The molecule has 1 aromatic heterocycles. The first-order valence-corrected chi connectivity index (χ1v) is 8.05. The quantitative estimate of drug-likeness (QED) is 0.871. The molecule has 0 aliphatic rings. The number of aryl methyl sites for hydroxylation is 1. The number of furan rings is 1. The maximum absolute atomic E-state index is 12.2. The Morgan fingerprint density at radius 2 is 1.90 bits per heavy atom. The van der Waals surface area contributed by atoms with Crippen molar-refractivity contribution in [3.63, 3.8) is 0 Å². The average molecular weight is 317 g/mol. The fourth-order valence-electron chi connectivity index (χ4n) is 1.76. The molecule has 0 radical (unpaired) electrons. The summed E-state index contributed by atoms with van der Waals surface area (Å²) in [6, 6.07) is 1.33. The first-order chi connectivity index (χ1) is 9.37. The number of amides is 1. The number of carboxylic acid groups (broad SMARTS) is 1. The zero-order chi connectivity index (χ0) is 16.6. The molecule has 0 saturated carbocycles. The topological polar surface area (TPSA) is 105 Å². The predicted octanol–water partition coefficient (Wildman–Crippen LogP) is 1.07. The highest BCUT2D eigenvalue weighted by Crippen LogP contribution is 2.21. The summed E-state index contributed by atoms with van der Waals surface area (Å²) in [5, 5.41) is 8.94. The van der Waals surface area contributed by atoms with Crippen molar-refractivity contribution >= 4 is 21.7 Å². The van der Waals surface area contributed by atoms with Gasteiger partial charge in [0.25, 0.3) is 0 Å². The minimum atomic E-state index is -3.57. The van der Waals surface area contributed by atoms with E-state index in [1.165, 1.54) is 38.8 Å². The van der Waals surface area contributed by atoms with E-state index in [0.29, 0.717) is 0 Å². The molecular weight excluding hydrogens is 298 g/mol. The molecule has 0 aromatic carbocycles. The smallest absolute Gasteiger partial charge is 0.339 e. The highest BCUT2D eigenvalue weighted by Gasteiger charge is 2.40. The minimum absolute atomic E-state index is 0.00803. The van der Waals surface area contributed by atoms with Crippen LogP contribution in [-0.4, -0.2) is 48.4 Å². The molecule has 0 saturated heterocycles. The van der Waals surface area contributed by atoms with Gasteiger partial charge in [0.05, 0.1) is 6.54 Å². The molecule has 1 rings (SSSR count). The molecule has 0 atom stereocenters. The minimum Gasteiger partial charge on any atom is -0.478 e. The van der Waals surface area contributed by atoms with E-state index in [2.05, 4.69) is 0 Å². The molecule has 0 unspecified atom stereocenters. The van der Waals surface area contributed by atoms with Crippen molar-refractivity contribution in [2.45, 2.75) is 32.1 Å². The highest BCUT2D eigenvalue weighted by molar-refractivity contribution is 7.92. The molecule has 1 heterocycles. The lowest BCUT2D eigenvalue weighted by molar-refractivity contribution is -0.132. The number of hydrogen-bond donors (Lipinski definition) is 1. The van der Waals surface area contributed by atoms with Gasteiger partial charge in [-0.15, -0.1) is 0 Å². The van der Waals surface area contributed by atoms with Crippen molar-refractivity contribution < 1.29 is 27.5 Å². The number of nitrogens with zero attached hydrogens (tertiary/aromatic N) is 1. The number of carbonyl (C=O) groups excluding carboxylic acids is 1. The normalized spacial score (nSPS) is 12.2. The SMILES string of the molecule is Cc1oc(CN(C)C(=O)C(C)(C)S(C)(=O)=O)cc1C(=O)O. The van der Waals surface area contributed by atoms with Crippen LogP contribution in [0.1, 0.15) is 35.7 Å². The third kappa shape index (κ3) is 3.44. The number of sulfone groups is 1. The Hall–Kier alpha value is -1.83. The zero-order valence-electron chi connectivity index (χ0n) is 12.6. The largest absolute Gasteiger partial charge is 0.478 e. The summed E-state index contributed by atoms with van der Waals surface area (Å²) < 4.78 is 27.0. The van der Waals surface area contributed by atoms with E-state index in [4.69, 9.17) is 9.52 Å². The van der Waals surface area contributed by atoms with Crippen LogP contribution in [0.5, 0.6) is 0 Å². The van der Waals surface area contributed by atoms with Crippen molar-refractivity contribution in [3.05, 3.63) is 23.2 Å². The zero-order valence-corrected chi connectivity index (χ0v) is 13.4. The number of carboxylic acids is 1. The van der Waals surface area contributed by atoms with E-state index in [0.717, 1.165) is 6.26 Å². The van der Waals surface area contributed by atoms with Crippen LogP contribution in [0, 0.1) is 6.92 Å². The van der Waals surface area contributed by atoms with Gasteiger partial charge in [0.1, 0.15) is 21.8 Å². The Morgan fingerprint density at radius 1 is 1.38 bits per heavy atom. The lowest BCUT2D eigenvalue weighted by Gasteiger charge is -2.27. The molecule has 0 bridgehead atoms. The van der Waals surface area contributed by atoms with Gasteiger partial charge >= 0.3 is 5.97 Å². The number of carbonyl (C=O) groups is 2. The second kappa shape index (κ2) is 5.51. The predicted molar refractivity (Wildman–Crippen MR) is 75.8 cm³/mol. The number of rotatable bonds is 5. The van der Waals surface area contributed by atoms with E-state index < -0.39 is 26.5 Å². The fraction of sp³-hybridized carbons (Fsp3) is 0.538. The van der Waals surface area contributed by atoms with Crippen LogP contribution in [0.25, 0.3) is 0 Å². The molecule has 7 nitrogen and oxygen atoms in total. The Morgan fingerprint density at radius 3 is 2.29 bits per heavy atom. The summed E-state index contributed by atoms with van der Waals surface area (Å²) in [4.78, 5) is 24.4. The second-order valence-corrected chi connectivity index (χ2v) is 8.00. The fourth-order valence-corrected chi connectivity index (χ4v) is 2.23. The van der Waals surface area contributed by atoms with Gasteiger partial charge in [0.2, 0.25) is 5.91 Å². The van der Waals surface area contributed by atoms with Crippen LogP contribution < -0.4 is 0 Å². The molecule has 1 amide bonds. The van der Waals surface area contributed by atoms with Gasteiger partial charge in [-0.05, 0) is 26.8 Å². The first kappa shape index (κ1) is 17.2. The van der Waals surface area contributed by atoms with E-state index in [1.54, 1.807) is 0 Å². The Labute approximate surface area is 123 Å². The molecular formula is C13H19NO6S. The van der Waals surface area contributed by atoms with Crippen LogP contribution in [0.4, 0.5) is 0 Å². The molecule has 0 aliphatic heterocycles. The Balaban J connectivity index is 2.97. The second-order valence-electron chi connectivity index (χ2n) is 5.43. The highest BCUT2D eigenvalue weighted by atomic mass is 32.2. The third-order valence-corrected chi connectivity index (χ3v) is 5.41. The van der Waals surface area contributed by atoms with Crippen LogP contribution in [0.3, 0.4) is 0 Å². The van der Waals surface area contributed by atoms with E-state index in [9.17, 15) is 18.0 Å². The van der Waals surface area contributed by atoms with Crippen LogP contribution >= 0.6 is 0 Å². The van der Waals surface area contributed by atoms with Crippen LogP contribution in [0.2, 0.25) is 0 Å². The van der Waals surface area contributed by atoms with Crippen molar-refractivity contribution in [1.29, 1.82) is 0 Å². The van der Waals surface area contributed by atoms with Gasteiger partial charge in [-0.25, -0.2) is 13.2 Å².